The summed E-state index contributed by atoms with van der Waals surface area (Å²) < 4.78 is 22.7. The number of aromatic amines is 1. The molecular formula is C9H7Cl2N3O2S. The molecule has 0 spiro atoms. The number of hydrogen-bond acceptors (Lipinski definition) is 3. The lowest BCUT2D eigenvalue weighted by Gasteiger charge is -2.04. The van der Waals surface area contributed by atoms with E-state index in [9.17, 15) is 8.42 Å². The number of hydrogen-bond donors (Lipinski definition) is 2. The van der Waals surface area contributed by atoms with Gasteiger partial charge in [0.2, 0.25) is 10.0 Å². The largest absolute Gasteiger partial charge is 0.276 e. The highest BCUT2D eigenvalue weighted by atomic mass is 35.5. The highest BCUT2D eigenvalue weighted by molar-refractivity contribution is 7.89. The van der Waals surface area contributed by atoms with Crippen LogP contribution in [-0.4, -0.2) is 18.6 Å². The molecule has 0 amide bonds. The summed E-state index contributed by atoms with van der Waals surface area (Å²) >= 11 is 11.8. The molecule has 0 radical (unpaired) electrons. The van der Waals surface area contributed by atoms with Gasteiger partial charge < -0.3 is 0 Å². The Morgan fingerprint density at radius 2 is 2.00 bits per heavy atom. The van der Waals surface area contributed by atoms with Crippen molar-refractivity contribution in [2.45, 2.75) is 4.90 Å². The van der Waals surface area contributed by atoms with Crippen LogP contribution in [0.25, 0.3) is 11.3 Å². The minimum atomic E-state index is -3.86. The van der Waals surface area contributed by atoms with Crippen molar-refractivity contribution in [3.8, 4) is 11.3 Å². The Hall–Kier alpha value is -1.08. The van der Waals surface area contributed by atoms with E-state index >= 15 is 0 Å². The van der Waals surface area contributed by atoms with E-state index in [0.717, 1.165) is 6.20 Å². The van der Waals surface area contributed by atoms with E-state index in [1.807, 2.05) is 0 Å². The first-order valence-electron chi connectivity index (χ1n) is 4.41. The summed E-state index contributed by atoms with van der Waals surface area (Å²) in [6, 6.07) is 4.69. The quantitative estimate of drug-likeness (QED) is 0.887. The van der Waals surface area contributed by atoms with Crippen LogP contribution in [0.5, 0.6) is 0 Å². The first-order chi connectivity index (χ1) is 7.89. The zero-order valence-corrected chi connectivity index (χ0v) is 10.6. The van der Waals surface area contributed by atoms with Crippen LogP contribution in [0.2, 0.25) is 10.0 Å². The van der Waals surface area contributed by atoms with Gasteiger partial charge >= 0.3 is 0 Å². The number of halogens is 2. The second kappa shape index (κ2) is 4.30. The van der Waals surface area contributed by atoms with E-state index in [2.05, 4.69) is 10.2 Å². The standard InChI is InChI=1S/C9H7Cl2N3O2S/c10-5-1-2-7(11)6(3-5)9-8(4-13-14-9)17(12,15)16/h1-4H,(H,13,14)(H2,12,15,16). The number of rotatable bonds is 2. The number of H-pyrrole nitrogens is 1. The van der Waals surface area contributed by atoms with Gasteiger partial charge in [-0.15, -0.1) is 0 Å². The molecule has 1 aromatic carbocycles. The van der Waals surface area contributed by atoms with Crippen molar-refractivity contribution in [2.24, 2.45) is 5.14 Å². The molecule has 1 aromatic heterocycles. The summed E-state index contributed by atoms with van der Waals surface area (Å²) in [5.74, 6) is 0. The van der Waals surface area contributed by atoms with Gasteiger partial charge in [0.05, 0.1) is 16.9 Å². The fraction of sp³-hybridized carbons (Fsp3) is 0. The molecule has 0 bridgehead atoms. The Kier molecular flexibility index (Phi) is 3.13. The van der Waals surface area contributed by atoms with E-state index in [0.29, 0.717) is 15.6 Å². The third-order valence-electron chi connectivity index (χ3n) is 2.11. The summed E-state index contributed by atoms with van der Waals surface area (Å²) in [6.07, 6.45) is 1.13. The van der Waals surface area contributed by atoms with Gasteiger partial charge in [-0.25, -0.2) is 13.6 Å². The molecule has 0 unspecified atom stereocenters. The molecule has 0 saturated carbocycles. The van der Waals surface area contributed by atoms with Crippen LogP contribution in [0.3, 0.4) is 0 Å². The van der Waals surface area contributed by atoms with Gasteiger partial charge in [-0.05, 0) is 18.2 Å². The van der Waals surface area contributed by atoms with Crippen LogP contribution in [0.15, 0.2) is 29.3 Å². The summed E-state index contributed by atoms with van der Waals surface area (Å²) in [7, 11) is -3.86. The SMILES string of the molecule is NS(=O)(=O)c1cn[nH]c1-c1cc(Cl)ccc1Cl. The molecule has 0 atom stereocenters. The Bertz CT molecular complexity index is 667. The predicted octanol–water partition coefficient (Wildman–Crippen LogP) is 2.03. The summed E-state index contributed by atoms with van der Waals surface area (Å²) in [6.45, 7) is 0. The van der Waals surface area contributed by atoms with Gasteiger partial charge in [0.1, 0.15) is 4.90 Å². The minimum absolute atomic E-state index is 0.123. The molecular weight excluding hydrogens is 285 g/mol. The number of nitrogens with one attached hydrogen (secondary N) is 1. The first kappa shape index (κ1) is 12.4. The topological polar surface area (TPSA) is 88.8 Å². The van der Waals surface area contributed by atoms with Crippen LogP contribution < -0.4 is 5.14 Å². The van der Waals surface area contributed by atoms with Gasteiger partial charge in [0.15, 0.2) is 0 Å². The van der Waals surface area contributed by atoms with Crippen molar-refractivity contribution in [1.29, 1.82) is 0 Å². The molecule has 5 nitrogen and oxygen atoms in total. The lowest BCUT2D eigenvalue weighted by Crippen LogP contribution is -2.12. The number of aromatic nitrogens is 2. The van der Waals surface area contributed by atoms with E-state index in [1.54, 1.807) is 12.1 Å². The summed E-state index contributed by atoms with van der Waals surface area (Å²) in [5, 5.41) is 12.0. The molecule has 2 aromatic rings. The molecule has 0 aliphatic carbocycles. The third-order valence-corrected chi connectivity index (χ3v) is 3.60. The minimum Gasteiger partial charge on any atom is -0.276 e. The molecule has 0 aliphatic heterocycles. The lowest BCUT2D eigenvalue weighted by molar-refractivity contribution is 0.598. The van der Waals surface area contributed by atoms with Gasteiger partial charge in [-0.3, -0.25) is 5.10 Å². The predicted molar refractivity (Wildman–Crippen MR) is 65.4 cm³/mol. The monoisotopic (exact) mass is 291 g/mol. The smallest absolute Gasteiger partial charge is 0.241 e. The fourth-order valence-corrected chi connectivity index (χ4v) is 2.40. The number of primary sulfonamides is 1. The van der Waals surface area contributed by atoms with E-state index in [-0.39, 0.29) is 10.6 Å². The Morgan fingerprint density at radius 3 is 2.65 bits per heavy atom. The van der Waals surface area contributed by atoms with Gasteiger partial charge in [0, 0.05) is 10.6 Å². The molecule has 0 aliphatic rings. The van der Waals surface area contributed by atoms with Crippen LogP contribution in [0, 0.1) is 0 Å². The van der Waals surface area contributed by atoms with Crippen molar-refractivity contribution in [2.75, 3.05) is 0 Å². The maximum atomic E-state index is 11.3. The summed E-state index contributed by atoms with van der Waals surface area (Å²) in [5.41, 5.74) is 0.653. The molecule has 8 heteroatoms. The Morgan fingerprint density at radius 1 is 1.29 bits per heavy atom. The Balaban J connectivity index is 2.70. The van der Waals surface area contributed by atoms with Crippen molar-refractivity contribution < 1.29 is 8.42 Å². The van der Waals surface area contributed by atoms with Crippen molar-refractivity contribution >= 4 is 33.2 Å². The van der Waals surface area contributed by atoms with Gasteiger partial charge in [0.25, 0.3) is 0 Å². The zero-order valence-electron chi connectivity index (χ0n) is 8.31. The average Bonchev–Trinajstić information content (AvgIpc) is 2.69. The van der Waals surface area contributed by atoms with Crippen LogP contribution in [0.1, 0.15) is 0 Å². The number of nitrogens with zero attached hydrogens (tertiary/aromatic N) is 1. The van der Waals surface area contributed by atoms with Crippen LogP contribution in [0.4, 0.5) is 0 Å². The van der Waals surface area contributed by atoms with Crippen molar-refractivity contribution in [1.82, 2.24) is 10.2 Å². The van der Waals surface area contributed by atoms with Crippen LogP contribution in [-0.2, 0) is 10.0 Å². The normalized spacial score (nSPS) is 11.7. The lowest BCUT2D eigenvalue weighted by atomic mass is 10.1. The molecule has 2 rings (SSSR count). The second-order valence-corrected chi connectivity index (χ2v) is 5.65. The highest BCUT2D eigenvalue weighted by Crippen LogP contribution is 2.32. The van der Waals surface area contributed by atoms with Crippen LogP contribution >= 0.6 is 23.2 Å². The fourth-order valence-electron chi connectivity index (χ4n) is 1.37. The molecule has 90 valence electrons. The number of sulfonamides is 1. The number of benzene rings is 1. The third kappa shape index (κ3) is 2.44. The Labute approximate surface area is 108 Å². The highest BCUT2D eigenvalue weighted by Gasteiger charge is 2.19. The molecule has 1 heterocycles. The average molecular weight is 292 g/mol. The van der Waals surface area contributed by atoms with Crippen molar-refractivity contribution in [3.63, 3.8) is 0 Å². The maximum absolute atomic E-state index is 11.3. The molecule has 0 saturated heterocycles. The van der Waals surface area contributed by atoms with Gasteiger partial charge in [-0.1, -0.05) is 23.2 Å². The van der Waals surface area contributed by atoms with E-state index < -0.39 is 10.0 Å². The van der Waals surface area contributed by atoms with Crippen molar-refractivity contribution in [3.05, 3.63) is 34.4 Å². The number of nitrogens with two attached hydrogens (primary N) is 1. The molecule has 0 fully saturated rings. The van der Waals surface area contributed by atoms with E-state index in [1.165, 1.54) is 6.07 Å². The maximum Gasteiger partial charge on any atom is 0.241 e. The van der Waals surface area contributed by atoms with Gasteiger partial charge in [-0.2, -0.15) is 5.10 Å². The molecule has 17 heavy (non-hydrogen) atoms. The first-order valence-corrected chi connectivity index (χ1v) is 6.71. The summed E-state index contributed by atoms with van der Waals surface area (Å²) in [4.78, 5) is -0.123. The molecule has 3 N–H and O–H groups in total. The zero-order chi connectivity index (χ0) is 12.6. The second-order valence-electron chi connectivity index (χ2n) is 3.28. The van der Waals surface area contributed by atoms with E-state index in [4.69, 9.17) is 28.3 Å².